The van der Waals surface area contributed by atoms with Gasteiger partial charge in [0.15, 0.2) is 0 Å². The lowest BCUT2D eigenvalue weighted by Crippen LogP contribution is -2.50. The molecule has 3 nitrogen and oxygen atoms in total. The van der Waals surface area contributed by atoms with E-state index in [1.165, 1.54) is 11.1 Å². The van der Waals surface area contributed by atoms with E-state index in [0.29, 0.717) is 26.7 Å². The van der Waals surface area contributed by atoms with Gasteiger partial charge in [0.1, 0.15) is 13.5 Å². The van der Waals surface area contributed by atoms with Gasteiger partial charge in [-0.25, -0.2) is 4.90 Å². The molecule has 1 aromatic rings. The summed E-state index contributed by atoms with van der Waals surface area (Å²) in [7, 11) is 0. The van der Waals surface area contributed by atoms with Crippen LogP contribution >= 0.6 is 0 Å². The first-order chi connectivity index (χ1) is 8.78. The molecule has 18 heavy (non-hydrogen) atoms. The number of hydrogen-bond acceptors (Lipinski definition) is 3. The maximum Gasteiger partial charge on any atom is 0.102 e. The lowest BCUT2D eigenvalue weighted by atomic mass is 9.76. The van der Waals surface area contributed by atoms with Gasteiger partial charge in [-0.3, -0.25) is 0 Å². The van der Waals surface area contributed by atoms with Gasteiger partial charge in [-0.15, -0.1) is 0 Å². The van der Waals surface area contributed by atoms with Crippen LogP contribution in [0.2, 0.25) is 0 Å². The second kappa shape index (κ2) is 4.84. The normalized spacial score (nSPS) is 29.3. The summed E-state index contributed by atoms with van der Waals surface area (Å²) in [5, 5.41) is 0. The molecular weight excluding hydrogens is 226 g/mol. The van der Waals surface area contributed by atoms with Gasteiger partial charge in [-0.2, -0.15) is 0 Å². The molecule has 1 aromatic carbocycles. The number of rotatable bonds is 2. The van der Waals surface area contributed by atoms with E-state index in [9.17, 15) is 0 Å². The highest BCUT2D eigenvalue weighted by Gasteiger charge is 2.38. The van der Waals surface area contributed by atoms with Crippen molar-refractivity contribution in [1.82, 2.24) is 4.90 Å². The van der Waals surface area contributed by atoms with Crippen molar-refractivity contribution >= 4 is 5.57 Å². The van der Waals surface area contributed by atoms with Crippen LogP contribution < -0.4 is 0 Å². The fraction of sp³-hybridized carbons (Fsp3) is 0.467. The fourth-order valence-electron chi connectivity index (χ4n) is 2.57. The van der Waals surface area contributed by atoms with E-state index in [0.717, 1.165) is 6.42 Å². The number of benzene rings is 1. The topological polar surface area (TPSA) is 21.7 Å². The van der Waals surface area contributed by atoms with Crippen LogP contribution in [0, 0.1) is 0 Å². The summed E-state index contributed by atoms with van der Waals surface area (Å²) in [6, 6.07) is 10.6. The molecule has 1 unspecified atom stereocenters. The highest BCUT2D eigenvalue weighted by atomic mass is 16.6. The lowest BCUT2D eigenvalue weighted by molar-refractivity contribution is -0.0302. The molecule has 1 aliphatic heterocycles. The molecule has 0 spiro atoms. The van der Waals surface area contributed by atoms with Crippen molar-refractivity contribution in [1.29, 1.82) is 0 Å². The Morgan fingerprint density at radius 1 is 1.06 bits per heavy atom. The van der Waals surface area contributed by atoms with Crippen LogP contribution in [0.3, 0.4) is 0 Å². The fourth-order valence-corrected chi connectivity index (χ4v) is 2.57. The smallest absolute Gasteiger partial charge is 0.102 e. The zero-order valence-electron chi connectivity index (χ0n) is 10.8. The Labute approximate surface area is 108 Å². The Kier molecular flexibility index (Phi) is 3.20. The molecule has 2 aliphatic rings. The van der Waals surface area contributed by atoms with E-state index in [1.807, 2.05) is 0 Å². The number of nitrogens with zero attached hydrogens (tertiary/aromatic N) is 1. The summed E-state index contributed by atoms with van der Waals surface area (Å²) in [5.74, 6) is 0. The van der Waals surface area contributed by atoms with E-state index in [1.54, 1.807) is 0 Å². The van der Waals surface area contributed by atoms with E-state index >= 15 is 0 Å². The summed E-state index contributed by atoms with van der Waals surface area (Å²) in [5.41, 5.74) is 2.82. The molecule has 1 saturated heterocycles. The summed E-state index contributed by atoms with van der Waals surface area (Å²) in [6.07, 6.45) is 3.39. The maximum atomic E-state index is 5.54. The monoisotopic (exact) mass is 245 g/mol. The molecule has 3 heteroatoms. The molecule has 1 atom stereocenters. The van der Waals surface area contributed by atoms with Crippen LogP contribution in [0.15, 0.2) is 36.4 Å². The maximum absolute atomic E-state index is 5.54. The van der Waals surface area contributed by atoms with Gasteiger partial charge in [0.25, 0.3) is 0 Å². The van der Waals surface area contributed by atoms with Crippen molar-refractivity contribution in [3.05, 3.63) is 42.0 Å². The first-order valence-electron chi connectivity index (χ1n) is 6.46. The van der Waals surface area contributed by atoms with Crippen LogP contribution in [0.25, 0.3) is 5.57 Å². The van der Waals surface area contributed by atoms with Gasteiger partial charge in [0.2, 0.25) is 0 Å². The molecule has 3 rings (SSSR count). The molecule has 0 aromatic heterocycles. The third kappa shape index (κ3) is 2.21. The third-order valence-electron chi connectivity index (χ3n) is 3.77. The first-order valence-corrected chi connectivity index (χ1v) is 6.46. The van der Waals surface area contributed by atoms with Crippen LogP contribution in [0.1, 0.15) is 18.9 Å². The highest BCUT2D eigenvalue weighted by molar-refractivity contribution is 5.73. The van der Waals surface area contributed by atoms with Crippen LogP contribution in [0.5, 0.6) is 0 Å². The molecule has 1 aliphatic carbocycles. The Bertz CT molecular complexity index is 435. The summed E-state index contributed by atoms with van der Waals surface area (Å²) in [6.45, 7) is 4.96. The molecule has 0 N–H and O–H groups in total. The SMILES string of the molecule is CC1(N2COCCOC2)C=C(c2ccccc2)C1. The van der Waals surface area contributed by atoms with Crippen molar-refractivity contribution < 1.29 is 9.47 Å². The van der Waals surface area contributed by atoms with Crippen LogP contribution in [-0.4, -0.2) is 37.1 Å². The molecule has 0 saturated carbocycles. The second-order valence-electron chi connectivity index (χ2n) is 5.18. The Morgan fingerprint density at radius 3 is 2.28 bits per heavy atom. The van der Waals surface area contributed by atoms with E-state index in [2.05, 4.69) is 48.2 Å². The minimum Gasteiger partial charge on any atom is -0.364 e. The predicted molar refractivity (Wildman–Crippen MR) is 70.9 cm³/mol. The van der Waals surface area contributed by atoms with Crippen molar-refractivity contribution in [2.75, 3.05) is 26.7 Å². The van der Waals surface area contributed by atoms with Gasteiger partial charge in [-0.05, 0) is 24.5 Å². The Balaban J connectivity index is 1.73. The van der Waals surface area contributed by atoms with Crippen LogP contribution in [0.4, 0.5) is 0 Å². The van der Waals surface area contributed by atoms with Gasteiger partial charge in [0, 0.05) is 5.54 Å². The molecule has 1 fully saturated rings. The zero-order chi connectivity index (χ0) is 12.4. The molecular formula is C15H19NO2. The Morgan fingerprint density at radius 2 is 1.67 bits per heavy atom. The lowest BCUT2D eigenvalue weighted by Gasteiger charge is -2.44. The van der Waals surface area contributed by atoms with Gasteiger partial charge >= 0.3 is 0 Å². The standard InChI is InChI=1S/C15H19NO2/c1-15(16-11-17-7-8-18-12-16)9-14(10-15)13-5-3-2-4-6-13/h2-6,9H,7-8,10-12H2,1H3. The zero-order valence-corrected chi connectivity index (χ0v) is 10.8. The average molecular weight is 245 g/mol. The minimum absolute atomic E-state index is 0.0789. The van der Waals surface area contributed by atoms with Crippen molar-refractivity contribution in [3.8, 4) is 0 Å². The second-order valence-corrected chi connectivity index (χ2v) is 5.18. The summed E-state index contributed by atoms with van der Waals surface area (Å²) < 4.78 is 11.1. The van der Waals surface area contributed by atoms with E-state index in [-0.39, 0.29) is 5.54 Å². The predicted octanol–water partition coefficient (Wildman–Crippen LogP) is 2.50. The summed E-state index contributed by atoms with van der Waals surface area (Å²) >= 11 is 0. The van der Waals surface area contributed by atoms with Crippen molar-refractivity contribution in [3.63, 3.8) is 0 Å². The van der Waals surface area contributed by atoms with Gasteiger partial charge < -0.3 is 9.47 Å². The average Bonchev–Trinajstić information content (AvgIpc) is 2.65. The molecule has 0 bridgehead atoms. The molecule has 0 amide bonds. The van der Waals surface area contributed by atoms with Crippen molar-refractivity contribution in [2.24, 2.45) is 0 Å². The molecule has 96 valence electrons. The number of hydrogen-bond donors (Lipinski definition) is 0. The molecule has 0 radical (unpaired) electrons. The quantitative estimate of drug-likeness (QED) is 0.799. The Hall–Kier alpha value is -1.16. The van der Waals surface area contributed by atoms with E-state index < -0.39 is 0 Å². The minimum atomic E-state index is 0.0789. The highest BCUT2D eigenvalue weighted by Crippen LogP contribution is 2.41. The summed E-state index contributed by atoms with van der Waals surface area (Å²) in [4.78, 5) is 2.26. The van der Waals surface area contributed by atoms with Gasteiger partial charge in [-0.1, -0.05) is 36.4 Å². The van der Waals surface area contributed by atoms with Crippen molar-refractivity contribution in [2.45, 2.75) is 18.9 Å². The largest absolute Gasteiger partial charge is 0.364 e. The molecule has 1 heterocycles. The number of ether oxygens (including phenoxy) is 2. The third-order valence-corrected chi connectivity index (χ3v) is 3.77. The van der Waals surface area contributed by atoms with Gasteiger partial charge in [0.05, 0.1) is 13.2 Å². The van der Waals surface area contributed by atoms with Crippen LogP contribution in [-0.2, 0) is 9.47 Å². The van der Waals surface area contributed by atoms with E-state index in [4.69, 9.17) is 9.47 Å². The first kappa shape index (κ1) is 11.9.